The molecule has 0 radical (unpaired) electrons. The zero-order valence-electron chi connectivity index (χ0n) is 11.1. The third-order valence-electron chi connectivity index (χ3n) is 3.72. The van der Waals surface area contributed by atoms with Gasteiger partial charge in [0, 0.05) is 11.3 Å². The van der Waals surface area contributed by atoms with Crippen molar-refractivity contribution >= 4 is 33.6 Å². The van der Waals surface area contributed by atoms with E-state index in [2.05, 4.69) is 32.5 Å². The first kappa shape index (κ1) is 14.9. The Bertz CT molecular complexity index is 447. The zero-order valence-corrected chi connectivity index (χ0v) is 13.5. The van der Waals surface area contributed by atoms with Crippen molar-refractivity contribution in [2.45, 2.75) is 36.9 Å². The fourth-order valence-electron chi connectivity index (χ4n) is 2.52. The van der Waals surface area contributed by atoms with Gasteiger partial charge < -0.3 is 5.32 Å². The molecule has 5 heteroatoms. The molecule has 0 aromatic carbocycles. The van der Waals surface area contributed by atoms with Crippen LogP contribution in [0.5, 0.6) is 0 Å². The van der Waals surface area contributed by atoms with Crippen LogP contribution >= 0.6 is 27.7 Å². The molecule has 1 saturated carbocycles. The van der Waals surface area contributed by atoms with Gasteiger partial charge in [-0.05, 0) is 47.2 Å². The number of carbonyl (C=O) groups excluding carboxylic acids is 1. The van der Waals surface area contributed by atoms with E-state index in [1.807, 2.05) is 23.9 Å². The van der Waals surface area contributed by atoms with Crippen LogP contribution in [0, 0.1) is 0 Å². The average Bonchev–Trinajstić information content (AvgIpc) is 2.46. The molecule has 104 valence electrons. The molecule has 0 atom stereocenters. The minimum absolute atomic E-state index is 0.0831. The van der Waals surface area contributed by atoms with Crippen LogP contribution in [0.1, 0.15) is 42.6 Å². The maximum atomic E-state index is 12.1. The van der Waals surface area contributed by atoms with E-state index in [0.717, 1.165) is 6.54 Å². The van der Waals surface area contributed by atoms with Crippen molar-refractivity contribution in [1.29, 1.82) is 0 Å². The lowest BCUT2D eigenvalue weighted by atomic mass is 9.88. The van der Waals surface area contributed by atoms with Gasteiger partial charge >= 0.3 is 0 Å². The van der Waals surface area contributed by atoms with Crippen LogP contribution in [0.15, 0.2) is 22.8 Å². The second-order valence-corrected chi connectivity index (χ2v) is 7.06. The van der Waals surface area contributed by atoms with E-state index in [9.17, 15) is 4.79 Å². The first-order valence-electron chi connectivity index (χ1n) is 6.61. The molecular formula is C14H19BrN2OS. The van der Waals surface area contributed by atoms with Crippen molar-refractivity contribution in [3.8, 4) is 0 Å². The molecule has 0 aliphatic heterocycles. The Kier molecular flexibility index (Phi) is 5.28. The molecule has 19 heavy (non-hydrogen) atoms. The Morgan fingerprint density at radius 1 is 1.42 bits per heavy atom. The summed E-state index contributed by atoms with van der Waals surface area (Å²) in [5, 5.41) is 3.04. The summed E-state index contributed by atoms with van der Waals surface area (Å²) < 4.78 is 0.914. The predicted octanol–water partition coefficient (Wildman–Crippen LogP) is 3.64. The first-order valence-corrected chi connectivity index (χ1v) is 8.63. The number of nitrogens with zero attached hydrogens (tertiary/aromatic N) is 1. The summed E-state index contributed by atoms with van der Waals surface area (Å²) in [6.45, 7) is 0.737. The van der Waals surface area contributed by atoms with Gasteiger partial charge in [-0.25, -0.2) is 4.98 Å². The van der Waals surface area contributed by atoms with Crippen LogP contribution in [0.4, 0.5) is 0 Å². The smallest absolute Gasteiger partial charge is 0.269 e. The molecule has 1 aromatic rings. The number of nitrogens with one attached hydrogen (secondary N) is 1. The molecule has 1 aliphatic rings. The van der Waals surface area contributed by atoms with E-state index in [0.29, 0.717) is 10.3 Å². The maximum Gasteiger partial charge on any atom is 0.269 e. The summed E-state index contributed by atoms with van der Waals surface area (Å²) in [4.78, 5) is 16.3. The lowest BCUT2D eigenvalue weighted by molar-refractivity contribution is 0.0941. The second-order valence-electron chi connectivity index (χ2n) is 4.98. The molecule has 0 spiro atoms. The van der Waals surface area contributed by atoms with Gasteiger partial charge in [-0.2, -0.15) is 11.8 Å². The summed E-state index contributed by atoms with van der Waals surface area (Å²) in [5.41, 5.74) is 0.474. The van der Waals surface area contributed by atoms with Gasteiger partial charge in [0.1, 0.15) is 10.3 Å². The molecule has 2 rings (SSSR count). The highest BCUT2D eigenvalue weighted by molar-refractivity contribution is 9.10. The summed E-state index contributed by atoms with van der Waals surface area (Å²) in [5.74, 6) is -0.0831. The molecule has 1 amide bonds. The molecule has 0 bridgehead atoms. The largest absolute Gasteiger partial charge is 0.349 e. The van der Waals surface area contributed by atoms with Gasteiger partial charge in [-0.1, -0.05) is 25.3 Å². The van der Waals surface area contributed by atoms with Gasteiger partial charge in [0.25, 0.3) is 5.91 Å². The van der Waals surface area contributed by atoms with E-state index < -0.39 is 0 Å². The van der Waals surface area contributed by atoms with E-state index in [1.54, 1.807) is 6.07 Å². The lowest BCUT2D eigenvalue weighted by Crippen LogP contribution is -2.42. The Morgan fingerprint density at radius 3 is 2.79 bits per heavy atom. The normalized spacial score (nSPS) is 18.0. The second kappa shape index (κ2) is 6.75. The van der Waals surface area contributed by atoms with Gasteiger partial charge in [0.05, 0.1) is 0 Å². The summed E-state index contributed by atoms with van der Waals surface area (Å²) >= 11 is 5.18. The quantitative estimate of drug-likeness (QED) is 0.849. The van der Waals surface area contributed by atoms with Gasteiger partial charge in [0.15, 0.2) is 0 Å². The molecule has 1 heterocycles. The van der Waals surface area contributed by atoms with Crippen LogP contribution in [-0.2, 0) is 0 Å². The van der Waals surface area contributed by atoms with Crippen molar-refractivity contribution in [2.24, 2.45) is 0 Å². The standard InChI is InChI=1S/C14H19BrN2OS/c1-19-14(8-3-2-4-9-14)10-16-13(18)11-6-5-7-12(15)17-11/h5-7H,2-4,8-10H2,1H3,(H,16,18). The Labute approximate surface area is 127 Å². The van der Waals surface area contributed by atoms with Crippen molar-refractivity contribution in [1.82, 2.24) is 10.3 Å². The number of amides is 1. The maximum absolute atomic E-state index is 12.1. The van der Waals surface area contributed by atoms with Crippen LogP contribution < -0.4 is 5.32 Å². The van der Waals surface area contributed by atoms with Crippen LogP contribution in [-0.4, -0.2) is 28.4 Å². The minimum atomic E-state index is -0.0831. The molecule has 1 N–H and O–H groups in total. The third kappa shape index (κ3) is 3.96. The Balaban J connectivity index is 1.95. The van der Waals surface area contributed by atoms with E-state index in [1.165, 1.54) is 32.1 Å². The zero-order chi connectivity index (χ0) is 13.7. The molecule has 1 fully saturated rings. The number of rotatable bonds is 4. The molecular weight excluding hydrogens is 324 g/mol. The minimum Gasteiger partial charge on any atom is -0.349 e. The predicted molar refractivity (Wildman–Crippen MR) is 83.6 cm³/mol. The van der Waals surface area contributed by atoms with Crippen molar-refractivity contribution in [3.05, 3.63) is 28.5 Å². The van der Waals surface area contributed by atoms with Crippen molar-refractivity contribution in [3.63, 3.8) is 0 Å². The number of halogens is 1. The monoisotopic (exact) mass is 342 g/mol. The molecule has 3 nitrogen and oxygen atoms in total. The Hall–Kier alpha value is -0.550. The molecule has 0 unspecified atom stereocenters. The Morgan fingerprint density at radius 2 is 2.16 bits per heavy atom. The fraction of sp³-hybridized carbons (Fsp3) is 0.571. The van der Waals surface area contributed by atoms with Crippen molar-refractivity contribution in [2.75, 3.05) is 12.8 Å². The number of hydrogen-bond acceptors (Lipinski definition) is 3. The van der Waals surface area contributed by atoms with E-state index in [-0.39, 0.29) is 10.7 Å². The summed E-state index contributed by atoms with van der Waals surface area (Å²) in [6.07, 6.45) is 8.40. The number of thioether (sulfide) groups is 1. The van der Waals surface area contributed by atoms with Gasteiger partial charge in [-0.3, -0.25) is 4.79 Å². The summed E-state index contributed by atoms with van der Waals surface area (Å²) in [7, 11) is 0. The lowest BCUT2D eigenvalue weighted by Gasteiger charge is -2.35. The van der Waals surface area contributed by atoms with Crippen LogP contribution in [0.3, 0.4) is 0 Å². The van der Waals surface area contributed by atoms with Crippen LogP contribution in [0.25, 0.3) is 0 Å². The van der Waals surface area contributed by atoms with Crippen molar-refractivity contribution < 1.29 is 4.79 Å². The number of hydrogen-bond donors (Lipinski definition) is 1. The van der Waals surface area contributed by atoms with E-state index >= 15 is 0 Å². The highest BCUT2D eigenvalue weighted by Gasteiger charge is 2.31. The molecule has 1 aliphatic carbocycles. The fourth-order valence-corrected chi connectivity index (χ4v) is 3.77. The highest BCUT2D eigenvalue weighted by Crippen LogP contribution is 2.37. The van der Waals surface area contributed by atoms with Crippen LogP contribution in [0.2, 0.25) is 0 Å². The number of pyridine rings is 1. The summed E-state index contributed by atoms with van der Waals surface area (Å²) in [6, 6.07) is 5.39. The van der Waals surface area contributed by atoms with Gasteiger partial charge in [-0.15, -0.1) is 0 Å². The van der Waals surface area contributed by atoms with Gasteiger partial charge in [0.2, 0.25) is 0 Å². The highest BCUT2D eigenvalue weighted by atomic mass is 79.9. The SMILES string of the molecule is CSC1(CNC(=O)c2cccc(Br)n2)CCCCC1. The molecule has 0 saturated heterocycles. The number of carbonyl (C=O) groups is 1. The third-order valence-corrected chi connectivity index (χ3v) is 5.58. The molecule has 1 aromatic heterocycles. The average molecular weight is 343 g/mol. The number of aromatic nitrogens is 1. The first-order chi connectivity index (χ1) is 9.15. The topological polar surface area (TPSA) is 42.0 Å². The van der Waals surface area contributed by atoms with E-state index in [4.69, 9.17) is 0 Å².